The fourth-order valence-corrected chi connectivity index (χ4v) is 3.49. The molecule has 4 nitrogen and oxygen atoms in total. The lowest BCUT2D eigenvalue weighted by Gasteiger charge is -2.36. The highest BCUT2D eigenvalue weighted by Crippen LogP contribution is 2.38. The number of amides is 1. The maximum Gasteiger partial charge on any atom is 0.255 e. The third kappa shape index (κ3) is 5.16. The molecule has 1 amide bonds. The van der Waals surface area contributed by atoms with Gasteiger partial charge in [0.05, 0.1) is 11.4 Å². The second-order valence-electron chi connectivity index (χ2n) is 9.89. The highest BCUT2D eigenvalue weighted by Gasteiger charge is 2.39. The Balaban J connectivity index is 2.21. The van der Waals surface area contributed by atoms with E-state index in [1.165, 1.54) is 5.56 Å². The van der Waals surface area contributed by atoms with Crippen LogP contribution in [0.2, 0.25) is 18.1 Å². The largest absolute Gasteiger partial charge is 0.543 e. The average molecular weight is 399 g/mol. The molecule has 2 rings (SSSR count). The van der Waals surface area contributed by atoms with E-state index in [0.29, 0.717) is 16.9 Å². The summed E-state index contributed by atoms with van der Waals surface area (Å²) in [5.41, 5.74) is 9.01. The Morgan fingerprint density at radius 1 is 0.964 bits per heavy atom. The van der Waals surface area contributed by atoms with Gasteiger partial charge in [-0.05, 0) is 53.4 Å². The van der Waals surface area contributed by atoms with Gasteiger partial charge in [-0.2, -0.15) is 0 Å². The van der Waals surface area contributed by atoms with Gasteiger partial charge in [-0.15, -0.1) is 0 Å². The highest BCUT2D eigenvalue weighted by atomic mass is 28.4. The third-order valence-electron chi connectivity index (χ3n) is 5.47. The lowest BCUT2D eigenvalue weighted by molar-refractivity contribution is 0.102. The van der Waals surface area contributed by atoms with E-state index in [1.807, 2.05) is 36.4 Å². The summed E-state index contributed by atoms with van der Waals surface area (Å²) in [6.07, 6.45) is 0. The molecule has 152 valence electrons. The zero-order chi connectivity index (χ0) is 21.3. The summed E-state index contributed by atoms with van der Waals surface area (Å²) < 4.78 is 6.33. The van der Waals surface area contributed by atoms with Crippen LogP contribution in [-0.4, -0.2) is 14.2 Å². The molecule has 0 spiro atoms. The summed E-state index contributed by atoms with van der Waals surface area (Å²) in [6, 6.07) is 13.1. The van der Waals surface area contributed by atoms with Gasteiger partial charge in [0.15, 0.2) is 0 Å². The van der Waals surface area contributed by atoms with Crippen molar-refractivity contribution in [1.29, 1.82) is 0 Å². The Kier molecular flexibility index (Phi) is 6.00. The molecule has 0 radical (unpaired) electrons. The normalized spacial score (nSPS) is 12.6. The van der Waals surface area contributed by atoms with E-state index >= 15 is 0 Å². The van der Waals surface area contributed by atoms with E-state index in [2.05, 4.69) is 60.0 Å². The number of hydrogen-bond acceptors (Lipinski definition) is 3. The number of hydrogen-bond donors (Lipinski definition) is 2. The van der Waals surface area contributed by atoms with Crippen molar-refractivity contribution in [1.82, 2.24) is 0 Å². The van der Waals surface area contributed by atoms with Crippen LogP contribution in [0.4, 0.5) is 11.4 Å². The molecule has 0 aliphatic carbocycles. The van der Waals surface area contributed by atoms with Crippen LogP contribution in [-0.2, 0) is 5.41 Å². The second-order valence-corrected chi connectivity index (χ2v) is 14.6. The Labute approximate surface area is 170 Å². The molecule has 0 unspecified atom stereocenters. The summed E-state index contributed by atoms with van der Waals surface area (Å²) >= 11 is 0. The van der Waals surface area contributed by atoms with Gasteiger partial charge < -0.3 is 15.5 Å². The van der Waals surface area contributed by atoms with E-state index < -0.39 is 8.32 Å². The minimum Gasteiger partial charge on any atom is -0.543 e. The quantitative estimate of drug-likeness (QED) is 0.476. The fourth-order valence-electron chi connectivity index (χ4n) is 2.47. The van der Waals surface area contributed by atoms with E-state index in [-0.39, 0.29) is 16.4 Å². The third-order valence-corrected chi connectivity index (χ3v) is 9.82. The van der Waals surface area contributed by atoms with E-state index in [0.717, 1.165) is 5.75 Å². The smallest absolute Gasteiger partial charge is 0.255 e. The molecule has 0 saturated heterocycles. The first kappa shape index (κ1) is 22.0. The van der Waals surface area contributed by atoms with Crippen LogP contribution in [0, 0.1) is 0 Å². The molecular weight excluding hydrogens is 364 g/mol. The molecule has 3 N–H and O–H groups in total. The van der Waals surface area contributed by atoms with Crippen molar-refractivity contribution in [3.8, 4) is 5.75 Å². The Hall–Kier alpha value is -2.27. The van der Waals surface area contributed by atoms with Crippen LogP contribution in [0.5, 0.6) is 5.75 Å². The van der Waals surface area contributed by atoms with Crippen molar-refractivity contribution < 1.29 is 9.22 Å². The standard InChI is InChI=1S/C23H34N2O2Si/c1-22(2,3)17-11-9-16(10-12-17)21(26)25-20-15-18(13-14-19(20)24)27-28(7,8)23(4,5)6/h9-15H,24H2,1-8H3,(H,25,26). The number of rotatable bonds is 4. The van der Waals surface area contributed by atoms with Crippen molar-refractivity contribution in [2.75, 3.05) is 11.1 Å². The van der Waals surface area contributed by atoms with Gasteiger partial charge in [0.1, 0.15) is 5.75 Å². The van der Waals surface area contributed by atoms with Gasteiger partial charge in [-0.3, -0.25) is 4.79 Å². The highest BCUT2D eigenvalue weighted by molar-refractivity contribution is 6.74. The van der Waals surface area contributed by atoms with Gasteiger partial charge in [0, 0.05) is 11.6 Å². The topological polar surface area (TPSA) is 64.3 Å². The molecule has 0 saturated carbocycles. The molecule has 0 aromatic heterocycles. The monoisotopic (exact) mass is 398 g/mol. The number of nitrogen functional groups attached to an aromatic ring is 1. The first-order valence-electron chi connectivity index (χ1n) is 9.71. The lowest BCUT2D eigenvalue weighted by atomic mass is 9.87. The molecule has 0 aliphatic heterocycles. The van der Waals surface area contributed by atoms with Crippen LogP contribution >= 0.6 is 0 Å². The lowest BCUT2D eigenvalue weighted by Crippen LogP contribution is -2.43. The van der Waals surface area contributed by atoms with Gasteiger partial charge in [-0.25, -0.2) is 0 Å². The molecule has 0 heterocycles. The van der Waals surface area contributed by atoms with Crippen molar-refractivity contribution in [2.24, 2.45) is 0 Å². The molecule has 2 aromatic rings. The maximum atomic E-state index is 12.7. The SMILES string of the molecule is CC(C)(C)c1ccc(C(=O)Nc2cc(O[Si](C)(C)C(C)(C)C)ccc2N)cc1. The van der Waals surface area contributed by atoms with Crippen LogP contribution in [0.3, 0.4) is 0 Å². The van der Waals surface area contributed by atoms with E-state index in [1.54, 1.807) is 6.07 Å². The Bertz CT molecular complexity index is 844. The molecule has 0 atom stereocenters. The Morgan fingerprint density at radius 2 is 1.54 bits per heavy atom. The number of nitrogens with two attached hydrogens (primary N) is 1. The fraction of sp³-hybridized carbons (Fsp3) is 0.435. The van der Waals surface area contributed by atoms with Crippen LogP contribution in [0.1, 0.15) is 57.5 Å². The van der Waals surface area contributed by atoms with Gasteiger partial charge >= 0.3 is 0 Å². The van der Waals surface area contributed by atoms with Crippen molar-refractivity contribution >= 4 is 25.6 Å². The molecule has 0 bridgehead atoms. The van der Waals surface area contributed by atoms with Crippen LogP contribution < -0.4 is 15.5 Å². The summed E-state index contributed by atoms with van der Waals surface area (Å²) in [5.74, 6) is 0.552. The number of nitrogens with one attached hydrogen (secondary N) is 1. The molecular formula is C23H34N2O2Si. The minimum absolute atomic E-state index is 0.0504. The maximum absolute atomic E-state index is 12.7. The average Bonchev–Trinajstić information content (AvgIpc) is 2.56. The van der Waals surface area contributed by atoms with Crippen LogP contribution in [0.25, 0.3) is 0 Å². The van der Waals surface area contributed by atoms with Crippen molar-refractivity contribution in [2.45, 2.75) is 65.1 Å². The molecule has 0 aliphatic rings. The summed E-state index contributed by atoms with van der Waals surface area (Å²) in [5, 5.41) is 3.01. The first-order valence-corrected chi connectivity index (χ1v) is 12.6. The number of carbonyl (C=O) groups excluding carboxylic acids is 1. The predicted octanol–water partition coefficient (Wildman–Crippen LogP) is 6.20. The van der Waals surface area contributed by atoms with Gasteiger partial charge in [0.25, 0.3) is 5.91 Å². The zero-order valence-corrected chi connectivity index (χ0v) is 19.4. The predicted molar refractivity (Wildman–Crippen MR) is 122 cm³/mol. The van der Waals surface area contributed by atoms with E-state index in [4.69, 9.17) is 10.2 Å². The van der Waals surface area contributed by atoms with Gasteiger partial charge in [0.2, 0.25) is 8.32 Å². The molecule has 5 heteroatoms. The number of carbonyl (C=O) groups is 1. The van der Waals surface area contributed by atoms with Crippen molar-refractivity contribution in [3.63, 3.8) is 0 Å². The first-order chi connectivity index (χ1) is 12.7. The molecule has 2 aromatic carbocycles. The number of anilines is 2. The minimum atomic E-state index is -1.97. The summed E-state index contributed by atoms with van der Waals surface area (Å²) in [4.78, 5) is 12.7. The second kappa shape index (κ2) is 7.63. The molecule has 28 heavy (non-hydrogen) atoms. The zero-order valence-electron chi connectivity index (χ0n) is 18.4. The Morgan fingerprint density at radius 3 is 2.04 bits per heavy atom. The summed E-state index contributed by atoms with van der Waals surface area (Å²) in [6.45, 7) is 17.4. The molecule has 0 fully saturated rings. The van der Waals surface area contributed by atoms with Gasteiger partial charge in [-0.1, -0.05) is 53.7 Å². The van der Waals surface area contributed by atoms with E-state index in [9.17, 15) is 4.79 Å². The van der Waals surface area contributed by atoms with Crippen molar-refractivity contribution in [3.05, 3.63) is 53.6 Å². The summed E-state index contributed by atoms with van der Waals surface area (Å²) in [7, 11) is -1.97. The number of benzene rings is 2. The van der Waals surface area contributed by atoms with Crippen LogP contribution in [0.15, 0.2) is 42.5 Å².